The number of rotatable bonds is 3. The average molecular weight is 354 g/mol. The molecule has 0 saturated carbocycles. The minimum atomic E-state index is -0.0449. The summed E-state index contributed by atoms with van der Waals surface area (Å²) in [5, 5.41) is 3.42. The van der Waals surface area contributed by atoms with Crippen LogP contribution in [0.15, 0.2) is 53.4 Å². The number of para-hydroxylation sites is 1. The van der Waals surface area contributed by atoms with Crippen molar-refractivity contribution in [3.63, 3.8) is 0 Å². The first-order valence-electron chi connectivity index (χ1n) is 8.65. The SMILES string of the molecule is COc1ccccc1C1CNCCN1C(=O)C1CSc2ccccc21. The summed E-state index contributed by atoms with van der Waals surface area (Å²) in [4.78, 5) is 16.7. The number of ether oxygens (including phenoxy) is 1. The Hall–Kier alpha value is -1.98. The minimum absolute atomic E-state index is 0.00941. The van der Waals surface area contributed by atoms with E-state index in [0.717, 1.165) is 36.7 Å². The van der Waals surface area contributed by atoms with Gasteiger partial charge in [0.2, 0.25) is 5.91 Å². The number of hydrogen-bond acceptors (Lipinski definition) is 4. The fourth-order valence-electron chi connectivity index (χ4n) is 3.75. The molecule has 130 valence electrons. The molecule has 0 aliphatic carbocycles. The molecule has 1 amide bonds. The van der Waals surface area contributed by atoms with Gasteiger partial charge in [-0.05, 0) is 17.7 Å². The van der Waals surface area contributed by atoms with Crippen molar-refractivity contribution >= 4 is 17.7 Å². The summed E-state index contributed by atoms with van der Waals surface area (Å²) in [6, 6.07) is 16.3. The van der Waals surface area contributed by atoms with E-state index in [1.165, 1.54) is 10.5 Å². The standard InChI is InChI=1S/C20H22N2O2S/c1-24-18-8-4-2-7-15(18)17-12-21-10-11-22(17)20(23)16-13-25-19-9-5-3-6-14(16)19/h2-9,16-17,21H,10-13H2,1H3. The highest BCUT2D eigenvalue weighted by Crippen LogP contribution is 2.42. The molecular weight excluding hydrogens is 332 g/mol. The largest absolute Gasteiger partial charge is 0.496 e. The molecule has 25 heavy (non-hydrogen) atoms. The molecular formula is C20H22N2O2S. The van der Waals surface area contributed by atoms with Gasteiger partial charge in [0.1, 0.15) is 5.75 Å². The Morgan fingerprint density at radius 2 is 1.92 bits per heavy atom. The Labute approximate surface area is 152 Å². The van der Waals surface area contributed by atoms with Crippen molar-refractivity contribution in [2.45, 2.75) is 16.9 Å². The summed E-state index contributed by atoms with van der Waals surface area (Å²) in [6.45, 7) is 2.32. The van der Waals surface area contributed by atoms with Crippen LogP contribution >= 0.6 is 11.8 Å². The van der Waals surface area contributed by atoms with E-state index < -0.39 is 0 Å². The molecule has 0 aromatic heterocycles. The van der Waals surface area contributed by atoms with Crippen LogP contribution in [0.3, 0.4) is 0 Å². The molecule has 0 spiro atoms. The van der Waals surface area contributed by atoms with Gasteiger partial charge < -0.3 is 15.0 Å². The first kappa shape index (κ1) is 16.5. The highest BCUT2D eigenvalue weighted by Gasteiger charge is 2.37. The van der Waals surface area contributed by atoms with Crippen LogP contribution in [-0.2, 0) is 4.79 Å². The van der Waals surface area contributed by atoms with Crippen molar-refractivity contribution in [2.75, 3.05) is 32.5 Å². The monoisotopic (exact) mass is 354 g/mol. The maximum atomic E-state index is 13.4. The van der Waals surface area contributed by atoms with Crippen molar-refractivity contribution in [3.05, 3.63) is 59.7 Å². The summed E-state index contributed by atoms with van der Waals surface area (Å²) >= 11 is 1.79. The Morgan fingerprint density at radius 1 is 1.16 bits per heavy atom. The number of methoxy groups -OCH3 is 1. The summed E-state index contributed by atoms with van der Waals surface area (Å²) in [5.41, 5.74) is 2.25. The lowest BCUT2D eigenvalue weighted by molar-refractivity contribution is -0.135. The zero-order valence-corrected chi connectivity index (χ0v) is 15.1. The average Bonchev–Trinajstić information content (AvgIpc) is 3.11. The lowest BCUT2D eigenvalue weighted by Gasteiger charge is -2.38. The van der Waals surface area contributed by atoms with Crippen LogP contribution < -0.4 is 10.1 Å². The minimum Gasteiger partial charge on any atom is -0.496 e. The Kier molecular flexibility index (Phi) is 4.68. The van der Waals surface area contributed by atoms with Gasteiger partial charge in [0, 0.05) is 35.8 Å². The summed E-state index contributed by atoms with van der Waals surface area (Å²) in [7, 11) is 1.69. The molecule has 2 heterocycles. The van der Waals surface area contributed by atoms with E-state index in [2.05, 4.69) is 23.5 Å². The summed E-state index contributed by atoms with van der Waals surface area (Å²) < 4.78 is 5.54. The zero-order chi connectivity index (χ0) is 17.2. The first-order chi connectivity index (χ1) is 12.3. The van der Waals surface area contributed by atoms with Gasteiger partial charge in [-0.15, -0.1) is 11.8 Å². The normalized spacial score (nSPS) is 22.5. The van der Waals surface area contributed by atoms with Gasteiger partial charge in [0.15, 0.2) is 0 Å². The maximum Gasteiger partial charge on any atom is 0.231 e. The molecule has 0 bridgehead atoms. The van der Waals surface area contributed by atoms with E-state index in [4.69, 9.17) is 4.74 Å². The van der Waals surface area contributed by atoms with Crippen molar-refractivity contribution in [2.24, 2.45) is 0 Å². The van der Waals surface area contributed by atoms with Crippen LogP contribution in [0.2, 0.25) is 0 Å². The van der Waals surface area contributed by atoms with Crippen LogP contribution in [-0.4, -0.2) is 43.3 Å². The van der Waals surface area contributed by atoms with E-state index in [-0.39, 0.29) is 17.9 Å². The van der Waals surface area contributed by atoms with Gasteiger partial charge in [-0.25, -0.2) is 0 Å². The number of piperazine rings is 1. The van der Waals surface area contributed by atoms with Gasteiger partial charge in [0.05, 0.1) is 19.1 Å². The number of benzene rings is 2. The molecule has 2 unspecified atom stereocenters. The van der Waals surface area contributed by atoms with Gasteiger partial charge >= 0.3 is 0 Å². The van der Waals surface area contributed by atoms with Gasteiger partial charge in [-0.3, -0.25) is 4.79 Å². The molecule has 4 nitrogen and oxygen atoms in total. The molecule has 2 aromatic carbocycles. The second-order valence-corrected chi connectivity index (χ2v) is 7.46. The molecule has 1 N–H and O–H groups in total. The predicted octanol–water partition coefficient (Wildman–Crippen LogP) is 3.06. The molecule has 2 aromatic rings. The molecule has 5 heteroatoms. The second kappa shape index (κ2) is 7.10. The van der Waals surface area contributed by atoms with Crippen molar-refractivity contribution in [1.82, 2.24) is 10.2 Å². The van der Waals surface area contributed by atoms with Crippen LogP contribution in [0, 0.1) is 0 Å². The molecule has 1 fully saturated rings. The third-order valence-corrected chi connectivity index (χ3v) is 6.21. The zero-order valence-electron chi connectivity index (χ0n) is 14.3. The van der Waals surface area contributed by atoms with E-state index in [0.29, 0.717) is 0 Å². The van der Waals surface area contributed by atoms with Crippen molar-refractivity contribution in [3.8, 4) is 5.75 Å². The maximum absolute atomic E-state index is 13.4. The number of carbonyl (C=O) groups excluding carboxylic acids is 1. The fourth-order valence-corrected chi connectivity index (χ4v) is 4.98. The third kappa shape index (κ3) is 3.02. The van der Waals surface area contributed by atoms with Gasteiger partial charge in [0.25, 0.3) is 0 Å². The molecule has 2 atom stereocenters. The van der Waals surface area contributed by atoms with E-state index >= 15 is 0 Å². The lowest BCUT2D eigenvalue weighted by atomic mass is 9.96. The van der Waals surface area contributed by atoms with E-state index in [1.807, 2.05) is 35.2 Å². The van der Waals surface area contributed by atoms with Crippen LogP contribution in [0.25, 0.3) is 0 Å². The summed E-state index contributed by atoms with van der Waals surface area (Å²) in [6.07, 6.45) is 0. The number of nitrogens with one attached hydrogen (secondary N) is 1. The third-order valence-electron chi connectivity index (χ3n) is 5.02. The molecule has 1 saturated heterocycles. The molecule has 2 aliphatic rings. The smallest absolute Gasteiger partial charge is 0.231 e. The van der Waals surface area contributed by atoms with Crippen LogP contribution in [0.4, 0.5) is 0 Å². The van der Waals surface area contributed by atoms with Crippen molar-refractivity contribution < 1.29 is 9.53 Å². The number of fused-ring (bicyclic) bond motifs is 1. The number of nitrogens with zero attached hydrogens (tertiary/aromatic N) is 1. The highest BCUT2D eigenvalue weighted by molar-refractivity contribution is 7.99. The first-order valence-corrected chi connectivity index (χ1v) is 9.64. The summed E-state index contributed by atoms with van der Waals surface area (Å²) in [5.74, 6) is 1.86. The van der Waals surface area contributed by atoms with Crippen molar-refractivity contribution in [1.29, 1.82) is 0 Å². The number of thioether (sulfide) groups is 1. The van der Waals surface area contributed by atoms with Gasteiger partial charge in [-0.2, -0.15) is 0 Å². The van der Waals surface area contributed by atoms with Gasteiger partial charge in [-0.1, -0.05) is 36.4 Å². The Balaban J connectivity index is 1.65. The topological polar surface area (TPSA) is 41.6 Å². The van der Waals surface area contributed by atoms with Crippen LogP contribution in [0.5, 0.6) is 5.75 Å². The number of hydrogen-bond donors (Lipinski definition) is 1. The number of amides is 1. The quantitative estimate of drug-likeness (QED) is 0.920. The Morgan fingerprint density at radius 3 is 2.76 bits per heavy atom. The lowest BCUT2D eigenvalue weighted by Crippen LogP contribution is -2.50. The van der Waals surface area contributed by atoms with E-state index in [9.17, 15) is 4.79 Å². The number of carbonyl (C=O) groups is 1. The molecule has 4 rings (SSSR count). The Bertz CT molecular complexity index is 780. The molecule has 2 aliphatic heterocycles. The fraction of sp³-hybridized carbons (Fsp3) is 0.350. The predicted molar refractivity (Wildman–Crippen MR) is 100 cm³/mol. The van der Waals surface area contributed by atoms with E-state index in [1.54, 1.807) is 18.9 Å². The second-order valence-electron chi connectivity index (χ2n) is 6.39. The molecule has 0 radical (unpaired) electrons. The van der Waals surface area contributed by atoms with Crippen LogP contribution in [0.1, 0.15) is 23.1 Å². The highest BCUT2D eigenvalue weighted by atomic mass is 32.2.